The van der Waals surface area contributed by atoms with Gasteiger partial charge in [-0.05, 0) is 50.7 Å². The molecule has 0 heterocycles. The summed E-state index contributed by atoms with van der Waals surface area (Å²) < 4.78 is 5.10. The van der Waals surface area contributed by atoms with Crippen LogP contribution in [0.4, 0.5) is 4.79 Å². The number of benzene rings is 1. The molecule has 0 aromatic heterocycles. The van der Waals surface area contributed by atoms with E-state index in [2.05, 4.69) is 31.3 Å². The first-order chi connectivity index (χ1) is 10.6. The molecule has 1 rings (SSSR count). The Bertz CT molecular complexity index is 529. The molecule has 0 spiro atoms. The summed E-state index contributed by atoms with van der Waals surface area (Å²) in [6.45, 7) is 9.45. The van der Waals surface area contributed by atoms with E-state index in [0.29, 0.717) is 18.8 Å². The van der Waals surface area contributed by atoms with E-state index < -0.39 is 23.7 Å². The number of hydrogen-bond donors (Lipinski definition) is 2. The van der Waals surface area contributed by atoms with E-state index in [-0.39, 0.29) is 0 Å². The fraction of sp³-hybridized carbons (Fsp3) is 0.556. The van der Waals surface area contributed by atoms with Crippen molar-refractivity contribution in [3.63, 3.8) is 0 Å². The first kappa shape index (κ1) is 19.0. The fourth-order valence-electron chi connectivity index (χ4n) is 2.09. The maximum absolute atomic E-state index is 11.7. The number of ether oxygens (including phenoxy) is 1. The largest absolute Gasteiger partial charge is 0.480 e. The maximum atomic E-state index is 11.7. The standard InChI is InChI=1S/C18H27NO4/c1-12(2)14-9-6-13(7-10-14)8-11-15(16(20)21)19-17(22)23-18(3,4)5/h6-7,9-10,12,15H,8,11H2,1-5H3,(H,19,22)(H,20,21)/t15-/m1/s1. The molecule has 2 N–H and O–H groups in total. The van der Waals surface area contributed by atoms with Crippen LogP contribution >= 0.6 is 0 Å². The molecule has 1 aromatic carbocycles. The highest BCUT2D eigenvalue weighted by Crippen LogP contribution is 2.16. The second-order valence-electron chi connectivity index (χ2n) is 6.97. The van der Waals surface area contributed by atoms with Gasteiger partial charge in [-0.15, -0.1) is 0 Å². The minimum atomic E-state index is -1.06. The van der Waals surface area contributed by atoms with Crippen LogP contribution in [0.5, 0.6) is 0 Å². The Morgan fingerprint density at radius 2 is 1.74 bits per heavy atom. The van der Waals surface area contributed by atoms with Gasteiger partial charge in [0.2, 0.25) is 0 Å². The molecular weight excluding hydrogens is 294 g/mol. The van der Waals surface area contributed by atoms with Crippen molar-refractivity contribution in [3.8, 4) is 0 Å². The summed E-state index contributed by atoms with van der Waals surface area (Å²) in [5.74, 6) is -0.598. The zero-order chi connectivity index (χ0) is 17.6. The third kappa shape index (κ3) is 7.17. The average molecular weight is 321 g/mol. The van der Waals surface area contributed by atoms with E-state index in [1.165, 1.54) is 5.56 Å². The van der Waals surface area contributed by atoms with Crippen LogP contribution in [0.15, 0.2) is 24.3 Å². The lowest BCUT2D eigenvalue weighted by atomic mass is 9.99. The van der Waals surface area contributed by atoms with Crippen molar-refractivity contribution in [1.82, 2.24) is 5.32 Å². The van der Waals surface area contributed by atoms with Gasteiger partial charge in [-0.25, -0.2) is 9.59 Å². The number of aliphatic carboxylic acids is 1. The van der Waals surface area contributed by atoms with E-state index in [9.17, 15) is 14.7 Å². The molecule has 0 bridgehead atoms. The van der Waals surface area contributed by atoms with Gasteiger partial charge >= 0.3 is 12.1 Å². The fourth-order valence-corrected chi connectivity index (χ4v) is 2.09. The van der Waals surface area contributed by atoms with Gasteiger partial charge in [0, 0.05) is 0 Å². The summed E-state index contributed by atoms with van der Waals surface area (Å²) in [4.78, 5) is 23.0. The highest BCUT2D eigenvalue weighted by atomic mass is 16.6. The molecule has 1 atom stereocenters. The number of carbonyl (C=O) groups excluding carboxylic acids is 1. The summed E-state index contributed by atoms with van der Waals surface area (Å²) in [6.07, 6.45) is 0.181. The van der Waals surface area contributed by atoms with Crippen LogP contribution < -0.4 is 5.32 Å². The third-order valence-corrected chi connectivity index (χ3v) is 3.36. The van der Waals surface area contributed by atoms with E-state index in [1.807, 2.05) is 12.1 Å². The first-order valence-corrected chi connectivity index (χ1v) is 7.89. The third-order valence-electron chi connectivity index (χ3n) is 3.36. The number of hydrogen-bond acceptors (Lipinski definition) is 3. The molecule has 0 unspecified atom stereocenters. The molecule has 0 saturated carbocycles. The summed E-state index contributed by atoms with van der Waals surface area (Å²) in [7, 11) is 0. The molecule has 0 fully saturated rings. The quantitative estimate of drug-likeness (QED) is 0.837. The average Bonchev–Trinajstić information content (AvgIpc) is 2.41. The lowest BCUT2D eigenvalue weighted by Gasteiger charge is -2.22. The van der Waals surface area contributed by atoms with Crippen molar-refractivity contribution in [2.75, 3.05) is 0 Å². The Hall–Kier alpha value is -2.04. The van der Waals surface area contributed by atoms with E-state index in [1.54, 1.807) is 20.8 Å². The zero-order valence-electron chi connectivity index (χ0n) is 14.6. The Morgan fingerprint density at radius 3 is 2.17 bits per heavy atom. The van der Waals surface area contributed by atoms with Crippen LogP contribution in [-0.4, -0.2) is 28.8 Å². The smallest absolute Gasteiger partial charge is 0.408 e. The van der Waals surface area contributed by atoms with E-state index in [0.717, 1.165) is 5.56 Å². The molecule has 0 aliphatic carbocycles. The van der Waals surface area contributed by atoms with Gasteiger partial charge in [0.25, 0.3) is 0 Å². The number of rotatable bonds is 6. The van der Waals surface area contributed by atoms with Crippen LogP contribution in [0.3, 0.4) is 0 Å². The lowest BCUT2D eigenvalue weighted by molar-refractivity contribution is -0.139. The van der Waals surface area contributed by atoms with Crippen LogP contribution in [0.2, 0.25) is 0 Å². The first-order valence-electron chi connectivity index (χ1n) is 7.89. The predicted molar refractivity (Wildman–Crippen MR) is 89.6 cm³/mol. The molecule has 1 aromatic rings. The summed E-state index contributed by atoms with van der Waals surface area (Å²) >= 11 is 0. The molecule has 23 heavy (non-hydrogen) atoms. The molecule has 1 amide bonds. The van der Waals surface area contributed by atoms with Crippen LogP contribution in [0, 0.1) is 0 Å². The number of aryl methyl sites for hydroxylation is 1. The van der Waals surface area contributed by atoms with Crippen molar-refractivity contribution >= 4 is 12.1 Å². The van der Waals surface area contributed by atoms with Crippen LogP contribution in [0.1, 0.15) is 58.1 Å². The highest BCUT2D eigenvalue weighted by molar-refractivity contribution is 5.80. The number of alkyl carbamates (subject to hydrolysis) is 1. The molecule has 0 saturated heterocycles. The molecule has 128 valence electrons. The molecule has 5 nitrogen and oxygen atoms in total. The molecule has 5 heteroatoms. The Labute approximate surface area is 138 Å². The Balaban J connectivity index is 2.59. The SMILES string of the molecule is CC(C)c1ccc(CC[C@@H](NC(=O)OC(C)(C)C)C(=O)O)cc1. The van der Waals surface area contributed by atoms with Gasteiger partial charge in [0.1, 0.15) is 11.6 Å². The van der Waals surface area contributed by atoms with Crippen molar-refractivity contribution < 1.29 is 19.4 Å². The summed E-state index contributed by atoms with van der Waals surface area (Å²) in [5, 5.41) is 11.7. The van der Waals surface area contributed by atoms with Gasteiger partial charge in [-0.2, -0.15) is 0 Å². The lowest BCUT2D eigenvalue weighted by Crippen LogP contribution is -2.43. The minimum absolute atomic E-state index is 0.315. The van der Waals surface area contributed by atoms with Gasteiger partial charge in [-0.3, -0.25) is 0 Å². The van der Waals surface area contributed by atoms with Crippen molar-refractivity contribution in [2.45, 2.75) is 65.0 Å². The molecule has 0 aliphatic rings. The highest BCUT2D eigenvalue weighted by Gasteiger charge is 2.23. The second-order valence-corrected chi connectivity index (χ2v) is 6.97. The van der Waals surface area contributed by atoms with Gasteiger partial charge in [0.15, 0.2) is 0 Å². The van der Waals surface area contributed by atoms with Crippen LogP contribution in [0.25, 0.3) is 0 Å². The summed E-state index contributed by atoms with van der Waals surface area (Å²) in [5.41, 5.74) is 1.64. The van der Waals surface area contributed by atoms with Crippen molar-refractivity contribution in [1.29, 1.82) is 0 Å². The molecular formula is C18H27NO4. The number of carbonyl (C=O) groups is 2. The van der Waals surface area contributed by atoms with Crippen molar-refractivity contribution in [3.05, 3.63) is 35.4 Å². The van der Waals surface area contributed by atoms with Gasteiger partial charge in [-0.1, -0.05) is 38.1 Å². The van der Waals surface area contributed by atoms with Gasteiger partial charge < -0.3 is 15.2 Å². The Kier molecular flexibility index (Phi) is 6.61. The number of carboxylic acids is 1. The second kappa shape index (κ2) is 7.99. The van der Waals surface area contributed by atoms with E-state index >= 15 is 0 Å². The number of carboxylic acid groups (broad SMARTS) is 1. The molecule has 0 radical (unpaired) electrons. The normalized spacial score (nSPS) is 12.8. The van der Waals surface area contributed by atoms with E-state index in [4.69, 9.17) is 4.74 Å². The number of amides is 1. The van der Waals surface area contributed by atoms with Gasteiger partial charge in [0.05, 0.1) is 0 Å². The minimum Gasteiger partial charge on any atom is -0.480 e. The summed E-state index contributed by atoms with van der Waals surface area (Å²) in [6, 6.07) is 7.15. The Morgan fingerprint density at radius 1 is 1.17 bits per heavy atom. The monoisotopic (exact) mass is 321 g/mol. The van der Waals surface area contributed by atoms with Crippen molar-refractivity contribution in [2.24, 2.45) is 0 Å². The molecule has 0 aliphatic heterocycles. The predicted octanol–water partition coefficient (Wildman–Crippen LogP) is 3.72. The zero-order valence-corrected chi connectivity index (χ0v) is 14.6. The van der Waals surface area contributed by atoms with Crippen LogP contribution in [-0.2, 0) is 16.0 Å². The maximum Gasteiger partial charge on any atom is 0.408 e. The number of nitrogens with one attached hydrogen (secondary N) is 1. The topological polar surface area (TPSA) is 75.6 Å².